The van der Waals surface area contributed by atoms with E-state index in [0.717, 1.165) is 0 Å². The molecule has 98 valence electrons. The highest BCUT2D eigenvalue weighted by Gasteiger charge is 2.16. The van der Waals surface area contributed by atoms with E-state index in [0.29, 0.717) is 25.5 Å². The molecule has 0 aromatic heterocycles. The van der Waals surface area contributed by atoms with Gasteiger partial charge in [-0.1, -0.05) is 35.0 Å². The summed E-state index contributed by atoms with van der Waals surface area (Å²) < 4.78 is 0. The zero-order valence-corrected chi connectivity index (χ0v) is 11.8. The molecule has 0 fully saturated rings. The Balaban J connectivity index is 2.40. The number of rotatable bonds is 3. The van der Waals surface area contributed by atoms with Crippen molar-refractivity contribution in [2.75, 3.05) is 5.73 Å². The molecule has 0 radical (unpaired) electrons. The molecule has 2 rings (SSSR count). The fourth-order valence-electron chi connectivity index (χ4n) is 1.44. The number of nitrogens with two attached hydrogens (primary N) is 1. The SMILES string of the molecule is Nc1ccc(Sc2ccc(Cl)cc2[N+](=O)[O-])c(Cl)c1. The van der Waals surface area contributed by atoms with Gasteiger partial charge in [-0.3, -0.25) is 10.1 Å². The van der Waals surface area contributed by atoms with Gasteiger partial charge in [0.2, 0.25) is 0 Å². The number of nitrogen functional groups attached to an aromatic ring is 1. The summed E-state index contributed by atoms with van der Waals surface area (Å²) >= 11 is 13.0. The quantitative estimate of drug-likeness (QED) is 0.509. The van der Waals surface area contributed by atoms with Crippen LogP contribution >= 0.6 is 35.0 Å². The van der Waals surface area contributed by atoms with Crippen LogP contribution in [-0.2, 0) is 0 Å². The molecule has 0 saturated heterocycles. The minimum Gasteiger partial charge on any atom is -0.399 e. The van der Waals surface area contributed by atoms with Gasteiger partial charge in [-0.2, -0.15) is 0 Å². The summed E-state index contributed by atoms with van der Waals surface area (Å²) in [6, 6.07) is 9.53. The molecule has 4 nitrogen and oxygen atoms in total. The van der Waals surface area contributed by atoms with Crippen LogP contribution < -0.4 is 5.73 Å². The maximum atomic E-state index is 11.0. The van der Waals surface area contributed by atoms with E-state index in [2.05, 4.69) is 0 Å². The highest BCUT2D eigenvalue weighted by atomic mass is 35.5. The lowest BCUT2D eigenvalue weighted by atomic mass is 10.3. The van der Waals surface area contributed by atoms with E-state index in [1.807, 2.05) is 0 Å². The third kappa shape index (κ3) is 3.32. The van der Waals surface area contributed by atoms with Gasteiger partial charge in [-0.25, -0.2) is 0 Å². The fourth-order valence-corrected chi connectivity index (χ4v) is 2.81. The predicted octanol–water partition coefficient (Wildman–Crippen LogP) is 4.64. The molecular weight excluding hydrogens is 307 g/mol. The molecule has 0 spiro atoms. The summed E-state index contributed by atoms with van der Waals surface area (Å²) in [6.07, 6.45) is 0. The van der Waals surface area contributed by atoms with Crippen molar-refractivity contribution in [3.8, 4) is 0 Å². The molecular formula is C12H8Cl2N2O2S. The Kier molecular flexibility index (Phi) is 4.19. The largest absolute Gasteiger partial charge is 0.399 e. The number of nitrogens with zero attached hydrogens (tertiary/aromatic N) is 1. The zero-order valence-electron chi connectivity index (χ0n) is 9.47. The number of nitro groups is 1. The van der Waals surface area contributed by atoms with Gasteiger partial charge in [0.1, 0.15) is 0 Å². The predicted molar refractivity (Wildman–Crippen MR) is 78.1 cm³/mol. The third-order valence-corrected chi connectivity index (χ3v) is 4.09. The van der Waals surface area contributed by atoms with Gasteiger partial charge in [0.15, 0.2) is 0 Å². The summed E-state index contributed by atoms with van der Waals surface area (Å²) in [5.74, 6) is 0. The molecule has 2 aromatic carbocycles. The Labute approximate surface area is 123 Å². The number of benzene rings is 2. The van der Waals surface area contributed by atoms with Gasteiger partial charge in [0.05, 0.1) is 14.8 Å². The molecule has 0 heterocycles. The van der Waals surface area contributed by atoms with E-state index >= 15 is 0 Å². The maximum absolute atomic E-state index is 11.0. The average Bonchev–Trinajstić information content (AvgIpc) is 2.34. The average molecular weight is 315 g/mol. The van der Waals surface area contributed by atoms with E-state index in [1.165, 1.54) is 17.8 Å². The Morgan fingerprint density at radius 2 is 1.79 bits per heavy atom. The van der Waals surface area contributed by atoms with Crippen molar-refractivity contribution in [2.45, 2.75) is 9.79 Å². The van der Waals surface area contributed by atoms with Gasteiger partial charge < -0.3 is 5.73 Å². The molecule has 0 aliphatic rings. The smallest absolute Gasteiger partial charge is 0.284 e. The van der Waals surface area contributed by atoms with Crippen molar-refractivity contribution in [1.29, 1.82) is 0 Å². The highest BCUT2D eigenvalue weighted by molar-refractivity contribution is 7.99. The summed E-state index contributed by atoms with van der Waals surface area (Å²) in [5, 5.41) is 11.8. The first-order chi connectivity index (χ1) is 8.97. The Hall–Kier alpha value is -1.43. The molecule has 0 aliphatic carbocycles. The van der Waals surface area contributed by atoms with Gasteiger partial charge in [-0.05, 0) is 30.3 Å². The van der Waals surface area contributed by atoms with Gasteiger partial charge in [0.25, 0.3) is 5.69 Å². The number of halogens is 2. The van der Waals surface area contributed by atoms with E-state index in [-0.39, 0.29) is 5.69 Å². The van der Waals surface area contributed by atoms with Crippen molar-refractivity contribution in [1.82, 2.24) is 0 Å². The van der Waals surface area contributed by atoms with Gasteiger partial charge in [0, 0.05) is 21.7 Å². The van der Waals surface area contributed by atoms with Crippen molar-refractivity contribution >= 4 is 46.3 Å². The van der Waals surface area contributed by atoms with Crippen molar-refractivity contribution in [3.05, 3.63) is 56.6 Å². The summed E-state index contributed by atoms with van der Waals surface area (Å²) in [5.41, 5.74) is 6.09. The molecule has 0 bridgehead atoms. The number of hydrogen-bond donors (Lipinski definition) is 1. The molecule has 2 aromatic rings. The van der Waals surface area contributed by atoms with Crippen LogP contribution in [0, 0.1) is 10.1 Å². The monoisotopic (exact) mass is 314 g/mol. The lowest BCUT2D eigenvalue weighted by molar-refractivity contribution is -0.387. The lowest BCUT2D eigenvalue weighted by Gasteiger charge is -2.06. The van der Waals surface area contributed by atoms with Crippen LogP contribution in [0.25, 0.3) is 0 Å². The molecule has 19 heavy (non-hydrogen) atoms. The topological polar surface area (TPSA) is 69.2 Å². The molecule has 7 heteroatoms. The second kappa shape index (κ2) is 5.69. The van der Waals surface area contributed by atoms with Crippen LogP contribution in [0.15, 0.2) is 46.2 Å². The molecule has 0 atom stereocenters. The Morgan fingerprint density at radius 1 is 1.11 bits per heavy atom. The summed E-state index contributed by atoms with van der Waals surface area (Å²) in [6.45, 7) is 0. The standard InChI is InChI=1S/C12H8Cl2N2O2S/c13-7-1-3-12(10(5-7)16(17)18)19-11-4-2-8(15)6-9(11)14/h1-6H,15H2. The fraction of sp³-hybridized carbons (Fsp3) is 0. The second-order valence-corrected chi connectivity index (χ2v) is 5.59. The van der Waals surface area contributed by atoms with Crippen molar-refractivity contribution in [2.24, 2.45) is 0 Å². The van der Waals surface area contributed by atoms with E-state index < -0.39 is 4.92 Å². The van der Waals surface area contributed by atoms with Crippen LogP contribution in [-0.4, -0.2) is 4.92 Å². The molecule has 0 unspecified atom stereocenters. The molecule has 2 N–H and O–H groups in total. The van der Waals surface area contributed by atoms with Crippen LogP contribution in [0.3, 0.4) is 0 Å². The van der Waals surface area contributed by atoms with Crippen LogP contribution in [0.2, 0.25) is 10.0 Å². The minimum absolute atomic E-state index is 0.0506. The van der Waals surface area contributed by atoms with E-state index in [9.17, 15) is 10.1 Å². The van der Waals surface area contributed by atoms with Crippen LogP contribution in [0.4, 0.5) is 11.4 Å². The zero-order chi connectivity index (χ0) is 14.0. The second-order valence-electron chi connectivity index (χ2n) is 3.66. The minimum atomic E-state index is -0.473. The number of hydrogen-bond acceptors (Lipinski definition) is 4. The van der Waals surface area contributed by atoms with E-state index in [4.69, 9.17) is 28.9 Å². The first kappa shape index (κ1) is 14.0. The van der Waals surface area contributed by atoms with Crippen molar-refractivity contribution in [3.63, 3.8) is 0 Å². The summed E-state index contributed by atoms with van der Waals surface area (Å²) in [4.78, 5) is 11.7. The normalized spacial score (nSPS) is 10.4. The van der Waals surface area contributed by atoms with Crippen molar-refractivity contribution < 1.29 is 4.92 Å². The molecule has 0 amide bonds. The molecule has 0 saturated carbocycles. The first-order valence-electron chi connectivity index (χ1n) is 5.14. The first-order valence-corrected chi connectivity index (χ1v) is 6.71. The van der Waals surface area contributed by atoms with Gasteiger partial charge in [-0.15, -0.1) is 0 Å². The van der Waals surface area contributed by atoms with E-state index in [1.54, 1.807) is 30.3 Å². The Morgan fingerprint density at radius 3 is 2.42 bits per heavy atom. The van der Waals surface area contributed by atoms with Gasteiger partial charge >= 0.3 is 0 Å². The maximum Gasteiger partial charge on any atom is 0.284 e. The van der Waals surface area contributed by atoms with Crippen LogP contribution in [0.5, 0.6) is 0 Å². The Bertz CT molecular complexity index is 650. The highest BCUT2D eigenvalue weighted by Crippen LogP contribution is 2.39. The third-order valence-electron chi connectivity index (χ3n) is 2.29. The number of nitro benzene ring substituents is 1. The number of anilines is 1. The molecule has 0 aliphatic heterocycles. The summed E-state index contributed by atoms with van der Waals surface area (Å²) in [7, 11) is 0. The lowest BCUT2D eigenvalue weighted by Crippen LogP contribution is -1.91. The van der Waals surface area contributed by atoms with Crippen LogP contribution in [0.1, 0.15) is 0 Å².